The Kier molecular flexibility index (Phi) is 12.6. The fraction of sp³-hybridized carbons (Fsp3) is 0.500. The van der Waals surface area contributed by atoms with Gasteiger partial charge in [0.05, 0.1) is 48.4 Å². The zero-order chi connectivity index (χ0) is 36.8. The zero-order valence-electron chi connectivity index (χ0n) is 28.6. The number of halogens is 4. The molecule has 3 aliphatic rings. The molecule has 0 N–H and O–H groups in total. The summed E-state index contributed by atoms with van der Waals surface area (Å²) < 4.78 is 82.2. The fourth-order valence-electron chi connectivity index (χ4n) is 5.75. The number of aromatic nitrogens is 1. The van der Waals surface area contributed by atoms with Crippen molar-refractivity contribution in [1.29, 1.82) is 0 Å². The van der Waals surface area contributed by atoms with E-state index in [1.807, 2.05) is 0 Å². The number of hydrogen-bond acceptors (Lipinski definition) is 10. The summed E-state index contributed by atoms with van der Waals surface area (Å²) in [6.45, 7) is 0.833. The molecular weight excluding hydrogens is 743 g/mol. The quantitative estimate of drug-likeness (QED) is 0.128. The SMILES string of the molecule is CS(=O)(=O)N(CCN1CCOCC1)c1ccc(C(=O)O[C@@H](Cc2c(Cl)cncc2Cl)c2ccc(OC(F)F)c(OCC3CC3)c2)c(OCC2CC2)c1. The van der Waals surface area contributed by atoms with Gasteiger partial charge < -0.3 is 23.7 Å². The molecule has 1 atom stereocenters. The number of benzene rings is 2. The topological polar surface area (TPSA) is 117 Å². The second-order valence-corrected chi connectivity index (χ2v) is 16.0. The standard InChI is InChI=1S/C36H41Cl2F2N3O8S/c1-52(45,46)43(11-10-42-12-14-47-15-13-42)26-7-8-27(33(17-26)48-21-23-2-3-23)35(44)50-32(18-28-29(37)19-41-20-30(28)38)25-6-9-31(51-36(39)40)34(16-25)49-22-24-4-5-24/h6-9,16-17,19-20,23-24,32,36H,2-5,10-15,18,21-22H2,1H3/t32-/m0/s1. The molecule has 3 aromatic rings. The summed E-state index contributed by atoms with van der Waals surface area (Å²) in [5, 5.41) is 0.485. The third-order valence-corrected chi connectivity index (χ3v) is 10.9. The van der Waals surface area contributed by atoms with Gasteiger partial charge in [-0.15, -0.1) is 0 Å². The molecule has 0 radical (unpaired) electrons. The Morgan fingerprint density at radius 1 is 0.962 bits per heavy atom. The van der Waals surface area contributed by atoms with Gasteiger partial charge in [-0.2, -0.15) is 8.78 Å². The minimum Gasteiger partial charge on any atom is -0.492 e. The molecular formula is C36H41Cl2F2N3O8S. The lowest BCUT2D eigenvalue weighted by Crippen LogP contribution is -2.43. The molecule has 2 saturated carbocycles. The Hall–Kier alpha value is -3.43. The van der Waals surface area contributed by atoms with E-state index < -0.39 is 28.7 Å². The van der Waals surface area contributed by atoms with Crippen molar-refractivity contribution in [2.24, 2.45) is 11.8 Å². The van der Waals surface area contributed by atoms with Crippen LogP contribution in [0.4, 0.5) is 14.5 Å². The van der Waals surface area contributed by atoms with E-state index in [4.69, 9.17) is 46.9 Å². The lowest BCUT2D eigenvalue weighted by Gasteiger charge is -2.30. The third kappa shape index (κ3) is 10.6. The van der Waals surface area contributed by atoms with Crippen LogP contribution >= 0.6 is 23.2 Å². The number of morpholine rings is 1. The zero-order valence-corrected chi connectivity index (χ0v) is 31.0. The van der Waals surface area contributed by atoms with Crippen LogP contribution in [-0.4, -0.2) is 89.7 Å². The molecule has 1 aromatic heterocycles. The maximum Gasteiger partial charge on any atom is 0.387 e. The van der Waals surface area contributed by atoms with Gasteiger partial charge >= 0.3 is 12.6 Å². The first-order valence-corrected chi connectivity index (χ1v) is 19.8. The Morgan fingerprint density at radius 2 is 1.62 bits per heavy atom. The number of rotatable bonds is 18. The lowest BCUT2D eigenvalue weighted by atomic mass is 10.0. The number of esters is 1. The number of nitrogens with zero attached hydrogens (tertiary/aromatic N) is 3. The average molecular weight is 785 g/mol. The lowest BCUT2D eigenvalue weighted by molar-refractivity contribution is -0.0515. The highest BCUT2D eigenvalue weighted by atomic mass is 35.5. The third-order valence-electron chi connectivity index (χ3n) is 9.09. The molecule has 11 nitrogen and oxygen atoms in total. The smallest absolute Gasteiger partial charge is 0.387 e. The second-order valence-electron chi connectivity index (χ2n) is 13.2. The van der Waals surface area contributed by atoms with E-state index in [0.717, 1.165) is 31.9 Å². The van der Waals surface area contributed by atoms with Crippen molar-refractivity contribution >= 4 is 44.9 Å². The first kappa shape index (κ1) is 38.3. The summed E-state index contributed by atoms with van der Waals surface area (Å²) in [7, 11) is -3.70. The van der Waals surface area contributed by atoms with E-state index >= 15 is 0 Å². The molecule has 282 valence electrons. The first-order chi connectivity index (χ1) is 24.9. The molecule has 1 aliphatic heterocycles. The maximum atomic E-state index is 14.1. The molecule has 1 saturated heterocycles. The van der Waals surface area contributed by atoms with Gasteiger partial charge in [-0.3, -0.25) is 14.2 Å². The Bertz CT molecular complexity index is 1800. The van der Waals surface area contributed by atoms with Gasteiger partial charge in [0.25, 0.3) is 0 Å². The van der Waals surface area contributed by atoms with Crippen LogP contribution in [0.3, 0.4) is 0 Å². The number of ether oxygens (including phenoxy) is 5. The monoisotopic (exact) mass is 783 g/mol. The van der Waals surface area contributed by atoms with Crippen molar-refractivity contribution in [2.75, 3.05) is 63.2 Å². The van der Waals surface area contributed by atoms with Crippen LogP contribution in [0.2, 0.25) is 10.0 Å². The van der Waals surface area contributed by atoms with Crippen molar-refractivity contribution in [3.8, 4) is 17.2 Å². The fourth-order valence-corrected chi connectivity index (χ4v) is 7.18. The van der Waals surface area contributed by atoms with Crippen molar-refractivity contribution in [1.82, 2.24) is 9.88 Å². The molecule has 0 spiro atoms. The maximum absolute atomic E-state index is 14.1. The number of carbonyl (C=O) groups excluding carboxylic acids is 1. The molecule has 0 unspecified atom stereocenters. The van der Waals surface area contributed by atoms with Gasteiger partial charge in [-0.1, -0.05) is 29.3 Å². The summed E-state index contributed by atoms with van der Waals surface area (Å²) in [5.74, 6) is -0.0282. The summed E-state index contributed by atoms with van der Waals surface area (Å²) in [5.41, 5.74) is 1.28. The number of sulfonamides is 1. The van der Waals surface area contributed by atoms with Crippen molar-refractivity contribution in [2.45, 2.75) is 44.8 Å². The van der Waals surface area contributed by atoms with Crippen LogP contribution in [0.25, 0.3) is 0 Å². The van der Waals surface area contributed by atoms with Crippen molar-refractivity contribution in [3.05, 3.63) is 75.5 Å². The van der Waals surface area contributed by atoms with Crippen LogP contribution in [0.15, 0.2) is 48.8 Å². The molecule has 16 heteroatoms. The van der Waals surface area contributed by atoms with Crippen LogP contribution in [0.5, 0.6) is 17.2 Å². The number of carbonyl (C=O) groups is 1. The van der Waals surface area contributed by atoms with E-state index in [1.54, 1.807) is 12.1 Å². The molecule has 3 fully saturated rings. The molecule has 2 heterocycles. The molecule has 2 aliphatic carbocycles. The van der Waals surface area contributed by atoms with E-state index in [9.17, 15) is 22.0 Å². The second kappa shape index (κ2) is 17.1. The molecule has 52 heavy (non-hydrogen) atoms. The normalized spacial score (nSPS) is 17.1. The average Bonchev–Trinajstić information content (AvgIpc) is 4.04. The summed E-state index contributed by atoms with van der Waals surface area (Å²) >= 11 is 13.0. The predicted molar refractivity (Wildman–Crippen MR) is 192 cm³/mol. The Morgan fingerprint density at radius 3 is 2.23 bits per heavy atom. The number of alkyl halides is 2. The highest BCUT2D eigenvalue weighted by Gasteiger charge is 2.29. The van der Waals surface area contributed by atoms with Crippen molar-refractivity contribution < 1.29 is 45.7 Å². The van der Waals surface area contributed by atoms with Gasteiger partial charge in [0.2, 0.25) is 10.0 Å². The van der Waals surface area contributed by atoms with Crippen LogP contribution in [-0.2, 0) is 25.9 Å². The summed E-state index contributed by atoms with van der Waals surface area (Å²) in [4.78, 5) is 20.3. The van der Waals surface area contributed by atoms with E-state index in [0.29, 0.717) is 74.7 Å². The highest BCUT2D eigenvalue weighted by Crippen LogP contribution is 2.39. The molecule has 2 aromatic carbocycles. The molecule has 0 bridgehead atoms. The number of pyridine rings is 1. The van der Waals surface area contributed by atoms with Gasteiger partial charge in [0.15, 0.2) is 11.5 Å². The van der Waals surface area contributed by atoms with Crippen LogP contribution < -0.4 is 18.5 Å². The van der Waals surface area contributed by atoms with Gasteiger partial charge in [-0.25, -0.2) is 13.2 Å². The van der Waals surface area contributed by atoms with Gasteiger partial charge in [-0.05, 0) is 72.9 Å². The van der Waals surface area contributed by atoms with Crippen LogP contribution in [0, 0.1) is 11.8 Å². The summed E-state index contributed by atoms with van der Waals surface area (Å²) in [6, 6.07) is 8.94. The Labute approximate surface area is 312 Å². The largest absolute Gasteiger partial charge is 0.492 e. The van der Waals surface area contributed by atoms with Gasteiger partial charge in [0, 0.05) is 51.1 Å². The highest BCUT2D eigenvalue weighted by molar-refractivity contribution is 7.92. The Balaban J connectivity index is 1.31. The van der Waals surface area contributed by atoms with Crippen molar-refractivity contribution in [3.63, 3.8) is 0 Å². The molecule has 0 amide bonds. The minimum absolute atomic E-state index is 0.00276. The van der Waals surface area contributed by atoms with E-state index in [1.165, 1.54) is 41.0 Å². The first-order valence-electron chi connectivity index (χ1n) is 17.2. The predicted octanol–water partition coefficient (Wildman–Crippen LogP) is 6.81. The van der Waals surface area contributed by atoms with E-state index in [2.05, 4.69) is 9.88 Å². The van der Waals surface area contributed by atoms with E-state index in [-0.39, 0.29) is 45.8 Å². The summed E-state index contributed by atoms with van der Waals surface area (Å²) in [6.07, 6.45) is 6.86. The minimum atomic E-state index is -3.70. The number of hydrogen-bond donors (Lipinski definition) is 0. The molecule has 6 rings (SSSR count). The van der Waals surface area contributed by atoms with Gasteiger partial charge in [0.1, 0.15) is 17.4 Å². The van der Waals surface area contributed by atoms with Crippen LogP contribution in [0.1, 0.15) is 53.3 Å². The number of anilines is 1.